The van der Waals surface area contributed by atoms with Gasteiger partial charge in [0.25, 0.3) is 0 Å². The highest BCUT2D eigenvalue weighted by molar-refractivity contribution is 7.99. The lowest BCUT2D eigenvalue weighted by molar-refractivity contribution is -0.150. The van der Waals surface area contributed by atoms with Gasteiger partial charge in [-0.15, -0.1) is 11.8 Å². The van der Waals surface area contributed by atoms with Crippen molar-refractivity contribution in [3.05, 3.63) is 29.8 Å². The normalized spacial score (nSPS) is 38.8. The lowest BCUT2D eigenvalue weighted by Gasteiger charge is -2.29. The van der Waals surface area contributed by atoms with Crippen LogP contribution in [0.15, 0.2) is 29.2 Å². The number of hydrogen-bond donors (Lipinski definition) is 1. The molecule has 0 saturated heterocycles. The Morgan fingerprint density at radius 3 is 2.79 bits per heavy atom. The molecule has 1 N–H and O–H groups in total. The van der Waals surface area contributed by atoms with Crippen molar-refractivity contribution in [1.82, 2.24) is 0 Å². The number of rotatable bonds is 3. The zero-order valence-corrected chi connectivity index (χ0v) is 11.7. The lowest BCUT2D eigenvalue weighted by Crippen LogP contribution is -2.31. The van der Waals surface area contributed by atoms with E-state index in [0.717, 1.165) is 36.9 Å². The van der Waals surface area contributed by atoms with Gasteiger partial charge >= 0.3 is 5.97 Å². The van der Waals surface area contributed by atoms with Crippen molar-refractivity contribution in [1.29, 1.82) is 0 Å². The van der Waals surface area contributed by atoms with Crippen molar-refractivity contribution in [2.75, 3.05) is 5.75 Å². The van der Waals surface area contributed by atoms with E-state index in [1.54, 1.807) is 0 Å². The molecule has 1 aromatic carbocycles. The highest BCUT2D eigenvalue weighted by atomic mass is 32.2. The molecular formula is C16H18O2S. The van der Waals surface area contributed by atoms with E-state index in [1.807, 2.05) is 11.8 Å². The Kier molecular flexibility index (Phi) is 2.50. The van der Waals surface area contributed by atoms with Gasteiger partial charge in [-0.3, -0.25) is 4.79 Å². The van der Waals surface area contributed by atoms with E-state index >= 15 is 0 Å². The first-order valence-corrected chi connectivity index (χ1v) is 8.12. The van der Waals surface area contributed by atoms with Gasteiger partial charge in [-0.25, -0.2) is 0 Å². The highest BCUT2D eigenvalue weighted by Gasteiger charge is 2.58. The predicted molar refractivity (Wildman–Crippen MR) is 75.4 cm³/mol. The molecule has 0 bridgehead atoms. The maximum Gasteiger partial charge on any atom is 0.309 e. The van der Waals surface area contributed by atoms with Crippen LogP contribution < -0.4 is 0 Å². The molecule has 3 aliphatic rings. The Labute approximate surface area is 117 Å². The molecule has 0 aromatic heterocycles. The Morgan fingerprint density at radius 2 is 2.05 bits per heavy atom. The molecule has 2 fully saturated rings. The van der Waals surface area contributed by atoms with Crippen molar-refractivity contribution in [3.8, 4) is 0 Å². The number of benzene rings is 1. The fourth-order valence-corrected chi connectivity index (χ4v) is 5.45. The van der Waals surface area contributed by atoms with Crippen LogP contribution in [0.4, 0.5) is 0 Å². The van der Waals surface area contributed by atoms with Crippen molar-refractivity contribution >= 4 is 17.7 Å². The number of hydrogen-bond acceptors (Lipinski definition) is 2. The molecule has 0 radical (unpaired) electrons. The quantitative estimate of drug-likeness (QED) is 0.911. The summed E-state index contributed by atoms with van der Waals surface area (Å²) in [6, 6.07) is 8.51. The molecule has 19 heavy (non-hydrogen) atoms. The van der Waals surface area contributed by atoms with Gasteiger partial charge in [-0.05, 0) is 55.1 Å². The summed E-state index contributed by atoms with van der Waals surface area (Å²) < 4.78 is 0. The van der Waals surface area contributed by atoms with Gasteiger partial charge in [0.05, 0.1) is 5.41 Å². The molecule has 3 atom stereocenters. The van der Waals surface area contributed by atoms with E-state index < -0.39 is 11.4 Å². The molecule has 0 amide bonds. The summed E-state index contributed by atoms with van der Waals surface area (Å²) in [5.41, 5.74) is 0.963. The molecule has 3 heteroatoms. The van der Waals surface area contributed by atoms with Crippen LogP contribution in [0.2, 0.25) is 0 Å². The molecule has 3 unspecified atom stereocenters. The zero-order chi connectivity index (χ0) is 13.0. The van der Waals surface area contributed by atoms with Gasteiger partial charge in [0, 0.05) is 10.6 Å². The van der Waals surface area contributed by atoms with Crippen LogP contribution in [0.3, 0.4) is 0 Å². The Balaban J connectivity index is 1.59. The number of carboxylic acids is 1. The van der Waals surface area contributed by atoms with Crippen LogP contribution in [0, 0.1) is 17.3 Å². The second kappa shape index (κ2) is 4.02. The van der Waals surface area contributed by atoms with Crippen LogP contribution in [-0.4, -0.2) is 16.8 Å². The molecule has 1 aromatic rings. The minimum absolute atomic E-state index is 0.420. The van der Waals surface area contributed by atoms with Crippen molar-refractivity contribution < 1.29 is 9.90 Å². The fraction of sp³-hybridized carbons (Fsp3) is 0.562. The number of carboxylic acid groups (broad SMARTS) is 1. The molecule has 2 aliphatic carbocycles. The van der Waals surface area contributed by atoms with Gasteiger partial charge in [0.1, 0.15) is 0 Å². The van der Waals surface area contributed by atoms with Gasteiger partial charge in [0.2, 0.25) is 0 Å². The van der Waals surface area contributed by atoms with E-state index in [4.69, 9.17) is 0 Å². The van der Waals surface area contributed by atoms with Crippen LogP contribution in [0.25, 0.3) is 0 Å². The first-order chi connectivity index (χ1) is 9.18. The van der Waals surface area contributed by atoms with Crippen LogP contribution in [-0.2, 0) is 4.79 Å². The summed E-state index contributed by atoms with van der Waals surface area (Å²) in [6.07, 6.45) is 3.98. The maximum absolute atomic E-state index is 11.8. The van der Waals surface area contributed by atoms with E-state index in [1.165, 1.54) is 16.9 Å². The predicted octanol–water partition coefficient (Wildman–Crippen LogP) is 3.77. The number of thioether (sulfide) groups is 1. The first kappa shape index (κ1) is 11.8. The van der Waals surface area contributed by atoms with Gasteiger partial charge in [-0.2, -0.15) is 0 Å². The second-order valence-electron chi connectivity index (χ2n) is 6.50. The molecule has 2 saturated carbocycles. The Morgan fingerprint density at radius 1 is 1.32 bits per heavy atom. The van der Waals surface area contributed by atoms with Crippen LogP contribution in [0.5, 0.6) is 0 Å². The molecule has 1 aliphatic heterocycles. The summed E-state index contributed by atoms with van der Waals surface area (Å²) in [4.78, 5) is 13.1. The first-order valence-electron chi connectivity index (χ1n) is 7.13. The lowest BCUT2D eigenvalue weighted by atomic mass is 9.74. The third kappa shape index (κ3) is 1.82. The average Bonchev–Trinajstić information content (AvgIpc) is 2.86. The number of fused-ring (bicyclic) bond motifs is 2. The third-order valence-electron chi connectivity index (χ3n) is 5.26. The van der Waals surface area contributed by atoms with Gasteiger partial charge < -0.3 is 5.11 Å². The van der Waals surface area contributed by atoms with E-state index in [-0.39, 0.29) is 0 Å². The Bertz CT molecular complexity index is 529. The minimum atomic E-state index is -0.547. The standard InChI is InChI=1S/C16H18O2S/c17-15(18)16(6-10-5-11(10)7-16)8-12-9-19-14-4-2-1-3-13(12)14/h1-4,10-12H,5-9H2,(H,17,18). The van der Waals surface area contributed by atoms with Crippen molar-refractivity contribution in [2.24, 2.45) is 17.3 Å². The summed E-state index contributed by atoms with van der Waals surface area (Å²) in [7, 11) is 0. The summed E-state index contributed by atoms with van der Waals surface area (Å²) >= 11 is 1.89. The number of carbonyl (C=O) groups is 1. The topological polar surface area (TPSA) is 37.3 Å². The summed E-state index contributed by atoms with van der Waals surface area (Å²) in [5, 5.41) is 9.70. The maximum atomic E-state index is 11.8. The Hall–Kier alpha value is -0.960. The van der Waals surface area contributed by atoms with Crippen LogP contribution >= 0.6 is 11.8 Å². The summed E-state index contributed by atoms with van der Waals surface area (Å²) in [5.74, 6) is 2.40. The molecule has 4 rings (SSSR count). The molecule has 100 valence electrons. The fourth-order valence-electron chi connectivity index (χ4n) is 4.20. The zero-order valence-electron chi connectivity index (χ0n) is 10.8. The van der Waals surface area contributed by atoms with Crippen LogP contribution in [0.1, 0.15) is 37.2 Å². The highest BCUT2D eigenvalue weighted by Crippen LogP contribution is 2.63. The van der Waals surface area contributed by atoms with Gasteiger partial charge in [0.15, 0.2) is 0 Å². The number of aliphatic carboxylic acids is 1. The largest absolute Gasteiger partial charge is 0.481 e. The van der Waals surface area contributed by atoms with Crippen molar-refractivity contribution in [3.63, 3.8) is 0 Å². The smallest absolute Gasteiger partial charge is 0.309 e. The SMILES string of the molecule is O=C(O)C1(CC2CSc3ccccc32)CC2CC2C1. The van der Waals surface area contributed by atoms with E-state index in [9.17, 15) is 9.90 Å². The van der Waals surface area contributed by atoms with E-state index in [2.05, 4.69) is 24.3 Å². The van der Waals surface area contributed by atoms with Gasteiger partial charge in [-0.1, -0.05) is 18.2 Å². The third-order valence-corrected chi connectivity index (χ3v) is 6.52. The average molecular weight is 274 g/mol. The molecule has 2 nitrogen and oxygen atoms in total. The summed E-state index contributed by atoms with van der Waals surface area (Å²) in [6.45, 7) is 0. The molecular weight excluding hydrogens is 256 g/mol. The molecule has 0 spiro atoms. The molecule has 1 heterocycles. The van der Waals surface area contributed by atoms with E-state index in [0.29, 0.717) is 5.92 Å². The second-order valence-corrected chi connectivity index (χ2v) is 7.56. The monoisotopic (exact) mass is 274 g/mol. The van der Waals surface area contributed by atoms with Crippen molar-refractivity contribution in [2.45, 2.75) is 36.5 Å². The minimum Gasteiger partial charge on any atom is -0.481 e.